The molecular formula is C17H18N4O3S. The van der Waals surface area contributed by atoms with Crippen molar-refractivity contribution >= 4 is 22.4 Å². The third-order valence-corrected chi connectivity index (χ3v) is 4.41. The highest BCUT2D eigenvalue weighted by atomic mass is 32.1. The van der Waals surface area contributed by atoms with Gasteiger partial charge < -0.3 is 20.2 Å². The summed E-state index contributed by atoms with van der Waals surface area (Å²) in [6.45, 7) is 3.88. The molecule has 0 aliphatic heterocycles. The predicted molar refractivity (Wildman–Crippen MR) is 94.4 cm³/mol. The van der Waals surface area contributed by atoms with Crippen LogP contribution in [0.1, 0.15) is 39.9 Å². The highest BCUT2D eigenvalue weighted by Crippen LogP contribution is 2.21. The van der Waals surface area contributed by atoms with Crippen molar-refractivity contribution in [1.29, 1.82) is 0 Å². The molecule has 3 aromatic rings. The lowest BCUT2D eigenvalue weighted by Crippen LogP contribution is -2.26. The van der Waals surface area contributed by atoms with Crippen molar-refractivity contribution in [3.8, 4) is 5.75 Å². The van der Waals surface area contributed by atoms with E-state index in [-0.39, 0.29) is 24.3 Å². The number of carbonyl (C=O) groups is 1. The molecule has 8 heteroatoms. The molecule has 3 N–H and O–H groups in total. The van der Waals surface area contributed by atoms with E-state index >= 15 is 0 Å². The van der Waals surface area contributed by atoms with Crippen molar-refractivity contribution in [1.82, 2.24) is 15.5 Å². The van der Waals surface area contributed by atoms with E-state index in [4.69, 9.17) is 14.9 Å². The van der Waals surface area contributed by atoms with E-state index in [9.17, 15) is 4.79 Å². The summed E-state index contributed by atoms with van der Waals surface area (Å²) in [7, 11) is 0. The maximum absolute atomic E-state index is 12.4. The first kappa shape index (κ1) is 17.0. The molecule has 0 unspecified atom stereocenters. The number of anilines is 1. The van der Waals surface area contributed by atoms with E-state index in [0.717, 1.165) is 11.3 Å². The Hall–Kier alpha value is -2.87. The number of amides is 1. The van der Waals surface area contributed by atoms with Gasteiger partial charge in [-0.2, -0.15) is 0 Å². The van der Waals surface area contributed by atoms with E-state index < -0.39 is 0 Å². The van der Waals surface area contributed by atoms with E-state index in [0.29, 0.717) is 15.9 Å². The quantitative estimate of drug-likeness (QED) is 0.702. The normalized spacial score (nSPS) is 11.9. The molecular weight excluding hydrogens is 340 g/mol. The van der Waals surface area contributed by atoms with Crippen LogP contribution in [0.25, 0.3) is 0 Å². The van der Waals surface area contributed by atoms with Gasteiger partial charge >= 0.3 is 0 Å². The van der Waals surface area contributed by atoms with Crippen molar-refractivity contribution in [3.63, 3.8) is 0 Å². The Morgan fingerprint density at radius 3 is 2.80 bits per heavy atom. The van der Waals surface area contributed by atoms with Crippen LogP contribution in [0.2, 0.25) is 0 Å². The number of aromatic nitrogens is 2. The monoisotopic (exact) mass is 358 g/mol. The van der Waals surface area contributed by atoms with Crippen LogP contribution in [-0.4, -0.2) is 16.1 Å². The summed E-state index contributed by atoms with van der Waals surface area (Å²) in [5.74, 6) is 1.27. The third kappa shape index (κ3) is 4.16. The summed E-state index contributed by atoms with van der Waals surface area (Å²) in [4.78, 5) is 12.4. The zero-order valence-corrected chi connectivity index (χ0v) is 14.7. The summed E-state index contributed by atoms with van der Waals surface area (Å²) in [6, 6.07) is 10.9. The van der Waals surface area contributed by atoms with Crippen LogP contribution in [0, 0.1) is 6.92 Å². The molecule has 25 heavy (non-hydrogen) atoms. The number of nitrogens with one attached hydrogen (secondary N) is 1. The molecule has 2 heterocycles. The molecule has 130 valence electrons. The first-order valence-electron chi connectivity index (χ1n) is 7.70. The minimum atomic E-state index is -0.315. The second-order valence-corrected chi connectivity index (χ2v) is 6.54. The first-order chi connectivity index (χ1) is 12.0. The molecule has 0 aliphatic carbocycles. The fourth-order valence-corrected chi connectivity index (χ4v) is 2.87. The number of rotatable bonds is 6. The van der Waals surface area contributed by atoms with Gasteiger partial charge in [-0.05, 0) is 32.0 Å². The number of carbonyl (C=O) groups excluding carboxylic acids is 1. The fraction of sp³-hybridized carbons (Fsp3) is 0.235. The molecule has 0 saturated carbocycles. The van der Waals surface area contributed by atoms with Crippen LogP contribution >= 0.6 is 11.3 Å². The maximum Gasteiger partial charge on any atom is 0.287 e. The largest absolute Gasteiger partial charge is 0.486 e. The number of hydrogen-bond acceptors (Lipinski definition) is 7. The molecule has 2 aromatic heterocycles. The Balaban J connectivity index is 1.64. The molecule has 0 aliphatic rings. The highest BCUT2D eigenvalue weighted by Gasteiger charge is 2.20. The van der Waals surface area contributed by atoms with Gasteiger partial charge in [0.2, 0.25) is 5.13 Å². The van der Waals surface area contributed by atoms with Gasteiger partial charge in [-0.25, -0.2) is 0 Å². The third-order valence-electron chi connectivity index (χ3n) is 3.47. The number of nitrogens with zero attached hydrogens (tertiary/aromatic N) is 2. The van der Waals surface area contributed by atoms with Gasteiger partial charge in [0, 0.05) is 5.56 Å². The average molecular weight is 358 g/mol. The molecule has 1 aromatic carbocycles. The van der Waals surface area contributed by atoms with Crippen LogP contribution in [0.5, 0.6) is 5.75 Å². The molecule has 3 rings (SSSR count). The molecule has 7 nitrogen and oxygen atoms in total. The average Bonchev–Trinajstić information content (AvgIpc) is 3.20. The number of nitrogen functional groups attached to an aromatic ring is 1. The van der Waals surface area contributed by atoms with E-state index in [1.165, 1.54) is 11.3 Å². The van der Waals surface area contributed by atoms with E-state index in [1.54, 1.807) is 6.07 Å². The maximum atomic E-state index is 12.4. The number of aryl methyl sites for hydroxylation is 1. The van der Waals surface area contributed by atoms with Crippen molar-refractivity contribution < 1.29 is 13.9 Å². The van der Waals surface area contributed by atoms with Crippen LogP contribution in [-0.2, 0) is 6.61 Å². The van der Waals surface area contributed by atoms with Crippen molar-refractivity contribution in [2.24, 2.45) is 0 Å². The first-order valence-corrected chi connectivity index (χ1v) is 8.51. The van der Waals surface area contributed by atoms with Crippen molar-refractivity contribution in [2.45, 2.75) is 26.5 Å². The van der Waals surface area contributed by atoms with Crippen LogP contribution in [0.4, 0.5) is 5.13 Å². The molecule has 1 amide bonds. The Morgan fingerprint density at radius 1 is 1.36 bits per heavy atom. The van der Waals surface area contributed by atoms with E-state index in [2.05, 4.69) is 15.5 Å². The van der Waals surface area contributed by atoms with Gasteiger partial charge in [0.1, 0.15) is 23.1 Å². The molecule has 1 atom stereocenters. The van der Waals surface area contributed by atoms with E-state index in [1.807, 2.05) is 44.2 Å². The summed E-state index contributed by atoms with van der Waals surface area (Å²) in [5, 5.41) is 11.5. The number of benzene rings is 1. The van der Waals surface area contributed by atoms with Gasteiger partial charge in [-0.15, -0.1) is 10.2 Å². The topological polar surface area (TPSA) is 103 Å². The molecule has 0 fully saturated rings. The summed E-state index contributed by atoms with van der Waals surface area (Å²) < 4.78 is 11.3. The SMILES string of the molecule is Cc1cc(COc2ccccc2)oc1C(=O)N[C@@H](C)c1nnc(N)s1. The van der Waals surface area contributed by atoms with Gasteiger partial charge in [0.25, 0.3) is 5.91 Å². The van der Waals surface area contributed by atoms with Gasteiger partial charge in [0.15, 0.2) is 5.76 Å². The van der Waals surface area contributed by atoms with Gasteiger partial charge in [-0.3, -0.25) is 4.79 Å². The Morgan fingerprint density at radius 2 is 2.12 bits per heavy atom. The number of nitrogens with two attached hydrogens (primary N) is 1. The van der Waals surface area contributed by atoms with Crippen molar-refractivity contribution in [3.05, 3.63) is 58.5 Å². The molecule has 0 saturated heterocycles. The number of para-hydroxylation sites is 1. The predicted octanol–water partition coefficient (Wildman–Crippen LogP) is 3.09. The van der Waals surface area contributed by atoms with Gasteiger partial charge in [-0.1, -0.05) is 29.5 Å². The molecule has 0 bridgehead atoms. The standard InChI is InChI=1S/C17H18N4O3S/c1-10-8-13(9-23-12-6-4-3-5-7-12)24-14(10)15(22)19-11(2)16-20-21-17(18)25-16/h3-8,11H,9H2,1-2H3,(H2,18,21)(H,19,22)/t11-/m0/s1. The van der Waals surface area contributed by atoms with Crippen LogP contribution in [0.3, 0.4) is 0 Å². The minimum absolute atomic E-state index is 0.251. The Kier molecular flexibility index (Phi) is 4.99. The van der Waals surface area contributed by atoms with Crippen LogP contribution < -0.4 is 15.8 Å². The number of furan rings is 1. The Labute approximate surface area is 148 Å². The van der Waals surface area contributed by atoms with Crippen LogP contribution in [0.15, 0.2) is 40.8 Å². The zero-order chi connectivity index (χ0) is 17.8. The second-order valence-electron chi connectivity index (χ2n) is 5.50. The smallest absolute Gasteiger partial charge is 0.287 e. The second kappa shape index (κ2) is 7.35. The van der Waals surface area contributed by atoms with Gasteiger partial charge in [0.05, 0.1) is 6.04 Å². The van der Waals surface area contributed by atoms with Crippen molar-refractivity contribution in [2.75, 3.05) is 5.73 Å². The zero-order valence-electron chi connectivity index (χ0n) is 13.9. The Bertz CT molecular complexity index is 860. The lowest BCUT2D eigenvalue weighted by molar-refractivity contribution is 0.0906. The number of ether oxygens (including phenoxy) is 1. The lowest BCUT2D eigenvalue weighted by Gasteiger charge is -2.09. The number of hydrogen-bond donors (Lipinski definition) is 2. The summed E-state index contributed by atoms with van der Waals surface area (Å²) in [5.41, 5.74) is 6.31. The summed E-state index contributed by atoms with van der Waals surface area (Å²) >= 11 is 1.24. The summed E-state index contributed by atoms with van der Waals surface area (Å²) in [6.07, 6.45) is 0. The minimum Gasteiger partial charge on any atom is -0.486 e. The highest BCUT2D eigenvalue weighted by molar-refractivity contribution is 7.15. The molecule has 0 radical (unpaired) electrons. The fourth-order valence-electron chi connectivity index (χ4n) is 2.26. The molecule has 0 spiro atoms. The lowest BCUT2D eigenvalue weighted by atomic mass is 10.2.